The second kappa shape index (κ2) is 5.94. The van der Waals surface area contributed by atoms with Crippen LogP contribution in [0.25, 0.3) is 10.1 Å². The van der Waals surface area contributed by atoms with Gasteiger partial charge in [-0.3, -0.25) is 9.59 Å². The van der Waals surface area contributed by atoms with E-state index in [-0.39, 0.29) is 18.0 Å². The summed E-state index contributed by atoms with van der Waals surface area (Å²) >= 11 is 7.45. The Kier molecular flexibility index (Phi) is 4.00. The van der Waals surface area contributed by atoms with E-state index < -0.39 is 0 Å². The zero-order valence-electron chi connectivity index (χ0n) is 11.8. The van der Waals surface area contributed by atoms with Gasteiger partial charge >= 0.3 is 0 Å². The van der Waals surface area contributed by atoms with Gasteiger partial charge < -0.3 is 9.88 Å². The molecule has 0 aliphatic carbocycles. The van der Waals surface area contributed by atoms with Crippen molar-refractivity contribution in [3.05, 3.63) is 62.8 Å². The first-order valence-corrected chi connectivity index (χ1v) is 7.87. The minimum Gasteiger partial charge on any atom is -0.324 e. The summed E-state index contributed by atoms with van der Waals surface area (Å²) in [6.07, 6.45) is 1.65. The number of anilines is 1. The van der Waals surface area contributed by atoms with Gasteiger partial charge in [-0.05, 0) is 37.3 Å². The molecule has 2 aromatic heterocycles. The van der Waals surface area contributed by atoms with Gasteiger partial charge in [-0.25, -0.2) is 0 Å². The van der Waals surface area contributed by atoms with Crippen molar-refractivity contribution in [1.29, 1.82) is 0 Å². The molecule has 1 N–H and O–H groups in total. The fourth-order valence-electron chi connectivity index (χ4n) is 2.25. The van der Waals surface area contributed by atoms with E-state index in [4.69, 9.17) is 11.6 Å². The maximum atomic E-state index is 12.4. The van der Waals surface area contributed by atoms with Crippen molar-refractivity contribution in [2.24, 2.45) is 0 Å². The first-order chi connectivity index (χ1) is 10.5. The summed E-state index contributed by atoms with van der Waals surface area (Å²) in [6.45, 7) is 1.93. The van der Waals surface area contributed by atoms with Crippen LogP contribution in [0.4, 0.5) is 5.69 Å². The van der Waals surface area contributed by atoms with Gasteiger partial charge in [0.1, 0.15) is 6.54 Å². The van der Waals surface area contributed by atoms with Gasteiger partial charge in [-0.15, -0.1) is 11.3 Å². The molecule has 0 spiro atoms. The van der Waals surface area contributed by atoms with Gasteiger partial charge in [0.25, 0.3) is 5.56 Å². The molecular weight excluding hydrogens is 320 g/mol. The van der Waals surface area contributed by atoms with E-state index in [0.29, 0.717) is 16.1 Å². The van der Waals surface area contributed by atoms with Crippen LogP contribution < -0.4 is 10.9 Å². The summed E-state index contributed by atoms with van der Waals surface area (Å²) in [7, 11) is 0. The van der Waals surface area contributed by atoms with Crippen LogP contribution in [0, 0.1) is 6.92 Å². The summed E-state index contributed by atoms with van der Waals surface area (Å²) < 4.78 is 2.35. The van der Waals surface area contributed by atoms with E-state index in [1.165, 1.54) is 4.57 Å². The summed E-state index contributed by atoms with van der Waals surface area (Å²) in [4.78, 5) is 25.5. The monoisotopic (exact) mass is 332 g/mol. The Hall–Kier alpha value is -2.11. The molecule has 1 amide bonds. The number of aromatic nitrogens is 1. The van der Waals surface area contributed by atoms with Gasteiger partial charge in [0.15, 0.2) is 0 Å². The molecular formula is C16H13ClN2O2S. The molecule has 0 bridgehead atoms. The first kappa shape index (κ1) is 14.8. The van der Waals surface area contributed by atoms with Crippen LogP contribution in [0.1, 0.15) is 4.88 Å². The summed E-state index contributed by atoms with van der Waals surface area (Å²) in [6, 6.07) is 10.6. The number of nitrogens with zero attached hydrogens (tertiary/aromatic N) is 1. The van der Waals surface area contributed by atoms with Crippen molar-refractivity contribution in [2.75, 3.05) is 5.32 Å². The van der Waals surface area contributed by atoms with Crippen molar-refractivity contribution in [2.45, 2.75) is 13.5 Å². The predicted molar refractivity (Wildman–Crippen MR) is 90.9 cm³/mol. The Morgan fingerprint density at radius 3 is 2.91 bits per heavy atom. The molecule has 6 heteroatoms. The van der Waals surface area contributed by atoms with E-state index in [9.17, 15) is 9.59 Å². The van der Waals surface area contributed by atoms with E-state index in [2.05, 4.69) is 5.32 Å². The highest BCUT2D eigenvalue weighted by Crippen LogP contribution is 2.21. The normalized spacial score (nSPS) is 10.8. The van der Waals surface area contributed by atoms with Crippen LogP contribution in [-0.4, -0.2) is 10.5 Å². The highest BCUT2D eigenvalue weighted by atomic mass is 35.5. The smallest absolute Gasteiger partial charge is 0.259 e. The number of hydrogen-bond acceptors (Lipinski definition) is 3. The lowest BCUT2D eigenvalue weighted by Gasteiger charge is -2.07. The van der Waals surface area contributed by atoms with Gasteiger partial charge in [0.2, 0.25) is 5.91 Å². The van der Waals surface area contributed by atoms with Crippen molar-refractivity contribution >= 4 is 44.6 Å². The Labute approximate surface area is 136 Å². The first-order valence-electron chi connectivity index (χ1n) is 6.68. The highest BCUT2D eigenvalue weighted by molar-refractivity contribution is 7.18. The molecule has 0 saturated heterocycles. The van der Waals surface area contributed by atoms with Gasteiger partial charge in [0, 0.05) is 26.5 Å². The molecule has 4 nitrogen and oxygen atoms in total. The number of fused-ring (bicyclic) bond motifs is 1. The second-order valence-electron chi connectivity index (χ2n) is 4.94. The van der Waals surface area contributed by atoms with Crippen LogP contribution in [-0.2, 0) is 11.3 Å². The summed E-state index contributed by atoms with van der Waals surface area (Å²) in [5.41, 5.74) is 0.459. The number of nitrogens with one attached hydrogen (secondary N) is 1. The van der Waals surface area contributed by atoms with Crippen molar-refractivity contribution in [3.63, 3.8) is 0 Å². The molecule has 3 aromatic rings. The summed E-state index contributed by atoms with van der Waals surface area (Å²) in [5, 5.41) is 3.93. The molecule has 0 unspecified atom stereocenters. The highest BCUT2D eigenvalue weighted by Gasteiger charge is 2.09. The quantitative estimate of drug-likeness (QED) is 0.795. The van der Waals surface area contributed by atoms with Crippen molar-refractivity contribution in [1.82, 2.24) is 4.57 Å². The third-order valence-corrected chi connectivity index (χ3v) is 4.45. The molecule has 0 atom stereocenters. The van der Waals surface area contributed by atoms with Crippen LogP contribution in [0.15, 0.2) is 47.4 Å². The van der Waals surface area contributed by atoms with Gasteiger partial charge in [0.05, 0.1) is 5.39 Å². The number of pyridine rings is 1. The van der Waals surface area contributed by atoms with Crippen LogP contribution in [0.5, 0.6) is 0 Å². The van der Waals surface area contributed by atoms with E-state index in [1.807, 2.05) is 19.1 Å². The van der Waals surface area contributed by atoms with Crippen molar-refractivity contribution in [3.8, 4) is 0 Å². The maximum absolute atomic E-state index is 12.4. The molecule has 1 aromatic carbocycles. The minimum atomic E-state index is -0.268. The maximum Gasteiger partial charge on any atom is 0.259 e. The lowest BCUT2D eigenvalue weighted by molar-refractivity contribution is -0.116. The third-order valence-electron chi connectivity index (χ3n) is 3.20. The fraction of sp³-hybridized carbons (Fsp3) is 0.125. The Balaban J connectivity index is 1.82. The number of aryl methyl sites for hydroxylation is 1. The van der Waals surface area contributed by atoms with Crippen LogP contribution >= 0.6 is 22.9 Å². The Morgan fingerprint density at radius 2 is 2.14 bits per heavy atom. The molecule has 22 heavy (non-hydrogen) atoms. The average molecular weight is 333 g/mol. The zero-order valence-corrected chi connectivity index (χ0v) is 13.4. The van der Waals surface area contributed by atoms with Crippen LogP contribution in [0.3, 0.4) is 0 Å². The third kappa shape index (κ3) is 3.05. The number of carbonyl (C=O) groups is 1. The largest absolute Gasteiger partial charge is 0.324 e. The summed E-state index contributed by atoms with van der Waals surface area (Å²) in [5.74, 6) is -0.268. The molecule has 112 valence electrons. The molecule has 3 rings (SSSR count). The number of benzene rings is 1. The topological polar surface area (TPSA) is 51.1 Å². The predicted octanol–water partition coefficient (Wildman–Crippen LogP) is 3.66. The van der Waals surface area contributed by atoms with Gasteiger partial charge in [-0.2, -0.15) is 0 Å². The molecule has 0 radical (unpaired) electrons. The Bertz CT molecular complexity index is 914. The van der Waals surface area contributed by atoms with E-state index in [0.717, 1.165) is 9.58 Å². The second-order valence-corrected chi connectivity index (χ2v) is 6.67. The van der Waals surface area contributed by atoms with Crippen LogP contribution in [0.2, 0.25) is 5.02 Å². The number of carbonyl (C=O) groups excluding carboxylic acids is 1. The SMILES string of the molecule is Cc1cc2c(=O)n(CC(=O)Nc3cccc(Cl)c3)ccc2s1. The number of amides is 1. The fourth-order valence-corrected chi connectivity index (χ4v) is 3.35. The number of halogens is 1. The van der Waals surface area contributed by atoms with E-state index in [1.54, 1.807) is 41.8 Å². The average Bonchev–Trinajstić information content (AvgIpc) is 2.83. The lowest BCUT2D eigenvalue weighted by Crippen LogP contribution is -2.26. The van der Waals surface area contributed by atoms with Gasteiger partial charge in [-0.1, -0.05) is 17.7 Å². The zero-order chi connectivity index (χ0) is 15.7. The Morgan fingerprint density at radius 1 is 1.32 bits per heavy atom. The molecule has 0 fully saturated rings. The minimum absolute atomic E-state index is 0.0316. The lowest BCUT2D eigenvalue weighted by atomic mass is 10.3. The molecule has 2 heterocycles. The standard InChI is InChI=1S/C16H13ClN2O2S/c1-10-7-13-14(22-10)5-6-19(16(13)21)9-15(20)18-12-4-2-3-11(17)8-12/h2-8H,9H2,1H3,(H,18,20). The number of thiophene rings is 1. The van der Waals surface area contributed by atoms with Crippen molar-refractivity contribution < 1.29 is 4.79 Å². The molecule has 0 aliphatic heterocycles. The molecule has 0 aliphatic rings. The molecule has 0 saturated carbocycles. The number of rotatable bonds is 3. The van der Waals surface area contributed by atoms with E-state index >= 15 is 0 Å². The number of hydrogen-bond donors (Lipinski definition) is 1.